The van der Waals surface area contributed by atoms with Crippen molar-refractivity contribution in [3.05, 3.63) is 82.7 Å². The molecule has 2 aromatic rings. The molecule has 2 heterocycles. The Labute approximate surface area is 206 Å². The maximum Gasteiger partial charge on any atom is 0.417 e. The van der Waals surface area contributed by atoms with Gasteiger partial charge in [0.25, 0.3) is 5.91 Å². The lowest BCUT2D eigenvalue weighted by Gasteiger charge is -2.38. The predicted molar refractivity (Wildman–Crippen MR) is 127 cm³/mol. The van der Waals surface area contributed by atoms with Crippen LogP contribution in [0.25, 0.3) is 0 Å². The van der Waals surface area contributed by atoms with E-state index in [1.54, 1.807) is 41.7 Å². The standard InChI is InChI=1S/C26H23F3N4O3/c27-26(28,29)23-4-2-1-3-22(23)25(36)33-13-11-32(12-14-33)21-16-30-18-31(17-21)10-9-19-5-7-20(8-6-19)15-24(34)35/h1-8,16,18H,11-15,17H2,(H,34,35). The highest BCUT2D eigenvalue weighted by Gasteiger charge is 2.36. The Morgan fingerprint density at radius 2 is 1.69 bits per heavy atom. The van der Waals surface area contributed by atoms with Crippen LogP contribution in [0.5, 0.6) is 0 Å². The van der Waals surface area contributed by atoms with E-state index >= 15 is 0 Å². The zero-order valence-electron chi connectivity index (χ0n) is 19.2. The quantitative estimate of drug-likeness (QED) is 0.658. The highest BCUT2D eigenvalue weighted by atomic mass is 19.4. The number of rotatable bonds is 4. The molecule has 2 aromatic carbocycles. The van der Waals surface area contributed by atoms with Crippen molar-refractivity contribution < 1.29 is 27.9 Å². The van der Waals surface area contributed by atoms with E-state index in [0.29, 0.717) is 38.3 Å². The third kappa shape index (κ3) is 6.05. The SMILES string of the molecule is O=C(O)Cc1ccc(C#CN2C=NC=C(N3CCN(C(=O)c4ccccc4C(F)(F)F)CC3)C2)cc1. The molecule has 2 aliphatic heterocycles. The number of halogens is 3. The van der Waals surface area contributed by atoms with Crippen molar-refractivity contribution in [1.82, 2.24) is 14.7 Å². The van der Waals surface area contributed by atoms with E-state index in [4.69, 9.17) is 5.11 Å². The van der Waals surface area contributed by atoms with E-state index < -0.39 is 23.6 Å². The summed E-state index contributed by atoms with van der Waals surface area (Å²) in [4.78, 5) is 33.1. The van der Waals surface area contributed by atoms with Gasteiger partial charge in [0, 0.05) is 44.0 Å². The Morgan fingerprint density at radius 3 is 2.36 bits per heavy atom. The number of nitrogens with zero attached hydrogens (tertiary/aromatic N) is 4. The molecule has 0 aliphatic carbocycles. The van der Waals surface area contributed by atoms with Gasteiger partial charge in [-0.3, -0.25) is 14.5 Å². The van der Waals surface area contributed by atoms with E-state index in [1.165, 1.54) is 23.1 Å². The van der Waals surface area contributed by atoms with Crippen LogP contribution in [0.1, 0.15) is 27.0 Å². The summed E-state index contributed by atoms with van der Waals surface area (Å²) in [5.41, 5.74) is 1.06. The highest BCUT2D eigenvalue weighted by molar-refractivity contribution is 5.96. The zero-order valence-corrected chi connectivity index (χ0v) is 19.2. The second kappa shape index (κ2) is 10.6. The van der Waals surface area contributed by atoms with E-state index in [9.17, 15) is 22.8 Å². The van der Waals surface area contributed by atoms with Crippen molar-refractivity contribution in [3.8, 4) is 12.0 Å². The molecule has 0 bridgehead atoms. The van der Waals surface area contributed by atoms with Gasteiger partial charge in [-0.05, 0) is 35.7 Å². The number of carboxylic acids is 1. The van der Waals surface area contributed by atoms with Crippen LogP contribution in [-0.2, 0) is 17.4 Å². The van der Waals surface area contributed by atoms with Crippen molar-refractivity contribution in [2.24, 2.45) is 4.99 Å². The molecular weight excluding hydrogens is 473 g/mol. The Balaban J connectivity index is 1.34. The number of piperazine rings is 1. The molecule has 186 valence electrons. The van der Waals surface area contributed by atoms with E-state index in [-0.39, 0.29) is 12.0 Å². The maximum absolute atomic E-state index is 13.3. The number of benzene rings is 2. The Hall–Kier alpha value is -4.26. The summed E-state index contributed by atoms with van der Waals surface area (Å²) >= 11 is 0. The number of aliphatic imine (C=N–C) groups is 1. The molecule has 0 saturated carbocycles. The first kappa shape index (κ1) is 24.9. The van der Waals surface area contributed by atoms with Crippen molar-refractivity contribution >= 4 is 18.2 Å². The number of carboxylic acid groups (broad SMARTS) is 1. The number of carbonyl (C=O) groups is 2. The van der Waals surface area contributed by atoms with Crippen LogP contribution < -0.4 is 0 Å². The van der Waals surface area contributed by atoms with E-state index in [2.05, 4.69) is 17.0 Å². The lowest BCUT2D eigenvalue weighted by atomic mass is 10.1. The summed E-state index contributed by atoms with van der Waals surface area (Å²) in [5.74, 6) is 1.50. The number of aliphatic carboxylic acids is 1. The molecule has 0 unspecified atom stereocenters. The minimum Gasteiger partial charge on any atom is -0.481 e. The molecule has 4 rings (SSSR count). The fraction of sp³-hybridized carbons (Fsp3) is 0.269. The molecule has 36 heavy (non-hydrogen) atoms. The van der Waals surface area contributed by atoms with Gasteiger partial charge in [-0.15, -0.1) is 0 Å². The average Bonchev–Trinajstić information content (AvgIpc) is 2.87. The predicted octanol–water partition coefficient (Wildman–Crippen LogP) is 3.28. The van der Waals surface area contributed by atoms with Gasteiger partial charge in [0.1, 0.15) is 6.34 Å². The zero-order chi connectivity index (χ0) is 25.7. The molecule has 0 atom stereocenters. The summed E-state index contributed by atoms with van der Waals surface area (Å²) in [7, 11) is 0. The molecule has 0 spiro atoms. The summed E-state index contributed by atoms with van der Waals surface area (Å²) in [6.07, 6.45) is -1.32. The van der Waals surface area contributed by atoms with Crippen molar-refractivity contribution in [1.29, 1.82) is 0 Å². The van der Waals surface area contributed by atoms with Crippen molar-refractivity contribution in [2.45, 2.75) is 12.6 Å². The third-order valence-corrected chi connectivity index (χ3v) is 5.85. The molecule has 1 saturated heterocycles. The van der Waals surface area contributed by atoms with Crippen molar-refractivity contribution in [2.75, 3.05) is 32.7 Å². The summed E-state index contributed by atoms with van der Waals surface area (Å²) in [6.45, 7) is 1.99. The molecule has 1 amide bonds. The van der Waals surface area contributed by atoms with Crippen LogP contribution >= 0.6 is 0 Å². The molecule has 2 aliphatic rings. The third-order valence-electron chi connectivity index (χ3n) is 5.85. The van der Waals surface area contributed by atoms with Gasteiger partial charge in [-0.2, -0.15) is 13.2 Å². The normalized spacial score (nSPS) is 15.8. The van der Waals surface area contributed by atoms with Crippen molar-refractivity contribution in [3.63, 3.8) is 0 Å². The summed E-state index contributed by atoms with van der Waals surface area (Å²) < 4.78 is 39.9. The van der Waals surface area contributed by atoms with Gasteiger partial charge in [0.2, 0.25) is 0 Å². The van der Waals surface area contributed by atoms with E-state index in [1.807, 2.05) is 4.90 Å². The van der Waals surface area contributed by atoms with Crippen LogP contribution in [-0.4, -0.2) is 70.7 Å². The van der Waals surface area contributed by atoms with Gasteiger partial charge < -0.3 is 14.9 Å². The molecule has 7 nitrogen and oxygen atoms in total. The minimum atomic E-state index is -4.59. The second-order valence-corrected chi connectivity index (χ2v) is 8.34. The van der Waals surface area contributed by atoms with Gasteiger partial charge in [0.05, 0.1) is 29.8 Å². The van der Waals surface area contributed by atoms with Gasteiger partial charge in [-0.25, -0.2) is 4.99 Å². The Morgan fingerprint density at radius 1 is 1.00 bits per heavy atom. The van der Waals surface area contributed by atoms with Gasteiger partial charge >= 0.3 is 12.1 Å². The van der Waals surface area contributed by atoms with Crippen LogP contribution in [0.2, 0.25) is 0 Å². The maximum atomic E-state index is 13.3. The fourth-order valence-electron chi connectivity index (χ4n) is 4.01. The topological polar surface area (TPSA) is 76.5 Å². The lowest BCUT2D eigenvalue weighted by molar-refractivity contribution is -0.138. The molecular formula is C26H23F3N4O3. The first-order valence-electron chi connectivity index (χ1n) is 11.2. The Kier molecular flexibility index (Phi) is 7.29. The van der Waals surface area contributed by atoms with E-state index in [0.717, 1.165) is 17.3 Å². The lowest BCUT2D eigenvalue weighted by Crippen LogP contribution is -2.49. The molecule has 10 heteroatoms. The number of carbonyl (C=O) groups excluding carboxylic acids is 1. The number of amides is 1. The molecule has 0 aromatic heterocycles. The highest BCUT2D eigenvalue weighted by Crippen LogP contribution is 2.32. The average molecular weight is 496 g/mol. The van der Waals surface area contributed by atoms with Gasteiger partial charge in [0.15, 0.2) is 0 Å². The van der Waals surface area contributed by atoms with Crippen LogP contribution in [0.15, 0.2) is 65.4 Å². The van der Waals surface area contributed by atoms with Crippen LogP contribution in [0.4, 0.5) is 13.2 Å². The molecule has 1 fully saturated rings. The number of alkyl halides is 3. The molecule has 1 N–H and O–H groups in total. The Bertz CT molecular complexity index is 1250. The molecule has 0 radical (unpaired) electrons. The fourth-order valence-corrected chi connectivity index (χ4v) is 4.01. The van der Waals surface area contributed by atoms with Crippen LogP contribution in [0, 0.1) is 12.0 Å². The first-order chi connectivity index (χ1) is 17.2. The monoisotopic (exact) mass is 496 g/mol. The first-order valence-corrected chi connectivity index (χ1v) is 11.2. The summed E-state index contributed by atoms with van der Waals surface area (Å²) in [5, 5.41) is 8.86. The smallest absolute Gasteiger partial charge is 0.417 e. The van der Waals surface area contributed by atoms with Crippen LogP contribution in [0.3, 0.4) is 0 Å². The number of hydrogen-bond donors (Lipinski definition) is 1. The largest absolute Gasteiger partial charge is 0.481 e. The minimum absolute atomic E-state index is 0.0473. The second-order valence-electron chi connectivity index (χ2n) is 8.34. The summed E-state index contributed by atoms with van der Waals surface area (Å²) in [6, 6.07) is 14.8. The van der Waals surface area contributed by atoms with Gasteiger partial charge in [-0.1, -0.05) is 24.3 Å². The number of hydrogen-bond acceptors (Lipinski definition) is 5.